The lowest BCUT2D eigenvalue weighted by molar-refractivity contribution is 0.105. The van der Waals surface area contributed by atoms with Crippen molar-refractivity contribution in [2.24, 2.45) is 0 Å². The molecule has 0 N–H and O–H groups in total. The van der Waals surface area contributed by atoms with Crippen LogP contribution < -0.4 is 5.63 Å². The zero-order valence-corrected chi connectivity index (χ0v) is 8.67. The summed E-state index contributed by atoms with van der Waals surface area (Å²) >= 11 is 5.31. The number of benzene rings is 1. The van der Waals surface area contributed by atoms with Gasteiger partial charge in [-0.2, -0.15) is 0 Å². The number of hydrogen-bond donors (Lipinski definition) is 0. The van der Waals surface area contributed by atoms with Gasteiger partial charge >= 0.3 is 5.63 Å². The van der Waals surface area contributed by atoms with Crippen LogP contribution in [0, 0.1) is 6.92 Å². The predicted molar refractivity (Wildman–Crippen MR) is 57.4 cm³/mol. The Hall–Kier alpha value is -1.61. The van der Waals surface area contributed by atoms with E-state index in [9.17, 15) is 9.59 Å². The van der Waals surface area contributed by atoms with Gasteiger partial charge in [0.2, 0.25) is 0 Å². The average Bonchev–Trinajstić information content (AvgIpc) is 2.23. The molecule has 76 valence electrons. The molecule has 0 saturated carbocycles. The summed E-state index contributed by atoms with van der Waals surface area (Å²) in [6, 6.07) is 6.93. The SMILES string of the molecule is Cc1c(C(=O)Cl)oc(=O)c2ccccc12. The maximum absolute atomic E-state index is 11.5. The van der Waals surface area contributed by atoms with Crippen molar-refractivity contribution < 1.29 is 9.21 Å². The third kappa shape index (κ3) is 1.55. The molecule has 0 radical (unpaired) electrons. The van der Waals surface area contributed by atoms with Gasteiger partial charge in [-0.25, -0.2) is 4.79 Å². The molecule has 0 unspecified atom stereocenters. The van der Waals surface area contributed by atoms with Crippen molar-refractivity contribution in [3.8, 4) is 0 Å². The van der Waals surface area contributed by atoms with Gasteiger partial charge in [-0.05, 0) is 30.0 Å². The Kier molecular flexibility index (Phi) is 2.32. The fraction of sp³-hybridized carbons (Fsp3) is 0.0909. The molecule has 0 saturated heterocycles. The van der Waals surface area contributed by atoms with E-state index in [0.717, 1.165) is 0 Å². The second kappa shape index (κ2) is 3.51. The quantitative estimate of drug-likeness (QED) is 0.697. The molecule has 1 aromatic heterocycles. The molecular formula is C11H7ClO3. The first kappa shape index (κ1) is 9.93. The van der Waals surface area contributed by atoms with E-state index in [1.807, 2.05) is 0 Å². The molecule has 3 nitrogen and oxygen atoms in total. The smallest absolute Gasteiger partial charge is 0.344 e. The molecule has 0 aliphatic carbocycles. The Morgan fingerprint density at radius 3 is 2.47 bits per heavy atom. The summed E-state index contributed by atoms with van der Waals surface area (Å²) in [5.41, 5.74) is 0.0467. The van der Waals surface area contributed by atoms with Crippen LogP contribution in [0.25, 0.3) is 10.8 Å². The number of halogens is 1. The van der Waals surface area contributed by atoms with Gasteiger partial charge in [-0.15, -0.1) is 0 Å². The first-order valence-corrected chi connectivity index (χ1v) is 4.71. The molecular weight excluding hydrogens is 216 g/mol. The van der Waals surface area contributed by atoms with Gasteiger partial charge in [0.15, 0.2) is 5.76 Å². The van der Waals surface area contributed by atoms with Gasteiger partial charge in [0.1, 0.15) is 0 Å². The van der Waals surface area contributed by atoms with Gasteiger partial charge in [0, 0.05) is 5.56 Å². The van der Waals surface area contributed by atoms with E-state index < -0.39 is 10.9 Å². The van der Waals surface area contributed by atoms with E-state index in [2.05, 4.69) is 0 Å². The second-order valence-corrected chi connectivity index (χ2v) is 3.51. The van der Waals surface area contributed by atoms with Crippen LogP contribution in [0.5, 0.6) is 0 Å². The average molecular weight is 223 g/mol. The number of aryl methyl sites for hydroxylation is 1. The van der Waals surface area contributed by atoms with Crippen LogP contribution in [0.4, 0.5) is 0 Å². The monoisotopic (exact) mass is 222 g/mol. The Labute approximate surface area is 90.3 Å². The molecule has 0 spiro atoms. The number of hydrogen-bond acceptors (Lipinski definition) is 3. The van der Waals surface area contributed by atoms with Crippen molar-refractivity contribution in [3.63, 3.8) is 0 Å². The van der Waals surface area contributed by atoms with Crippen molar-refractivity contribution in [1.29, 1.82) is 0 Å². The summed E-state index contributed by atoms with van der Waals surface area (Å²) in [6.45, 7) is 1.70. The van der Waals surface area contributed by atoms with Gasteiger partial charge in [0.05, 0.1) is 5.39 Å². The number of fused-ring (bicyclic) bond motifs is 1. The van der Waals surface area contributed by atoms with Crippen LogP contribution in [0.3, 0.4) is 0 Å². The van der Waals surface area contributed by atoms with Gasteiger partial charge in [-0.1, -0.05) is 18.2 Å². The minimum atomic E-state index is -0.754. The summed E-state index contributed by atoms with van der Waals surface area (Å²) in [4.78, 5) is 22.5. The number of carbonyl (C=O) groups excluding carboxylic acids is 1. The van der Waals surface area contributed by atoms with Crippen molar-refractivity contribution >= 4 is 27.6 Å². The van der Waals surface area contributed by atoms with E-state index >= 15 is 0 Å². The third-order valence-electron chi connectivity index (χ3n) is 2.26. The normalized spacial score (nSPS) is 10.5. The maximum Gasteiger partial charge on any atom is 0.344 e. The second-order valence-electron chi connectivity index (χ2n) is 3.16. The zero-order chi connectivity index (χ0) is 11.0. The molecule has 15 heavy (non-hydrogen) atoms. The Bertz CT molecular complexity index is 598. The van der Waals surface area contributed by atoms with E-state index in [4.69, 9.17) is 16.0 Å². The molecule has 0 aliphatic heterocycles. The van der Waals surface area contributed by atoms with Crippen LogP contribution >= 0.6 is 11.6 Å². The highest BCUT2D eigenvalue weighted by atomic mass is 35.5. The number of rotatable bonds is 1. The van der Waals surface area contributed by atoms with Crippen LogP contribution in [0.1, 0.15) is 16.1 Å². The lowest BCUT2D eigenvalue weighted by atomic mass is 10.1. The maximum atomic E-state index is 11.5. The topological polar surface area (TPSA) is 47.3 Å². The highest BCUT2D eigenvalue weighted by molar-refractivity contribution is 6.67. The van der Waals surface area contributed by atoms with E-state index in [1.54, 1.807) is 31.2 Å². The highest BCUT2D eigenvalue weighted by Crippen LogP contribution is 2.19. The standard InChI is InChI=1S/C11H7ClO3/c1-6-7-4-2-3-5-8(7)11(14)15-9(6)10(12)13/h2-5H,1H3. The highest BCUT2D eigenvalue weighted by Gasteiger charge is 2.14. The first-order valence-electron chi connectivity index (χ1n) is 4.33. The van der Waals surface area contributed by atoms with Crippen LogP contribution in [0.15, 0.2) is 33.5 Å². The molecule has 0 atom stereocenters. The van der Waals surface area contributed by atoms with Crippen molar-refractivity contribution in [2.45, 2.75) is 6.92 Å². The summed E-state index contributed by atoms with van der Waals surface area (Å²) in [6.07, 6.45) is 0. The summed E-state index contributed by atoms with van der Waals surface area (Å²) < 4.78 is 4.85. The molecule has 1 aromatic carbocycles. The summed E-state index contributed by atoms with van der Waals surface area (Å²) in [5.74, 6) is -0.0830. The molecule has 0 fully saturated rings. The third-order valence-corrected chi connectivity index (χ3v) is 2.44. The first-order chi connectivity index (χ1) is 7.11. The molecule has 4 heteroatoms. The van der Waals surface area contributed by atoms with Gasteiger partial charge in [0.25, 0.3) is 5.24 Å². The number of carbonyl (C=O) groups is 1. The molecule has 2 rings (SSSR count). The fourth-order valence-corrected chi connectivity index (χ4v) is 1.70. The van der Waals surface area contributed by atoms with E-state index in [0.29, 0.717) is 16.3 Å². The van der Waals surface area contributed by atoms with Crippen LogP contribution in [-0.4, -0.2) is 5.24 Å². The van der Waals surface area contributed by atoms with Gasteiger partial charge in [-0.3, -0.25) is 4.79 Å². The molecule has 0 amide bonds. The van der Waals surface area contributed by atoms with Crippen LogP contribution in [-0.2, 0) is 0 Å². The lowest BCUT2D eigenvalue weighted by Gasteiger charge is -2.03. The summed E-state index contributed by atoms with van der Waals surface area (Å²) in [7, 11) is 0. The molecule has 2 aromatic rings. The molecule has 0 bridgehead atoms. The van der Waals surface area contributed by atoms with Crippen molar-refractivity contribution in [3.05, 3.63) is 46.0 Å². The van der Waals surface area contributed by atoms with E-state index in [-0.39, 0.29) is 5.76 Å². The Balaban J connectivity index is 2.97. The molecule has 0 aliphatic rings. The summed E-state index contributed by atoms with van der Waals surface area (Å²) in [5, 5.41) is 0.393. The lowest BCUT2D eigenvalue weighted by Crippen LogP contribution is -2.06. The predicted octanol–water partition coefficient (Wildman–Crippen LogP) is 2.48. The molecule has 1 heterocycles. The minimum Gasteiger partial charge on any atom is -0.417 e. The van der Waals surface area contributed by atoms with Gasteiger partial charge < -0.3 is 4.42 Å². The van der Waals surface area contributed by atoms with Crippen molar-refractivity contribution in [1.82, 2.24) is 0 Å². The largest absolute Gasteiger partial charge is 0.417 e. The zero-order valence-electron chi connectivity index (χ0n) is 7.91. The Morgan fingerprint density at radius 2 is 1.87 bits per heavy atom. The van der Waals surface area contributed by atoms with Crippen molar-refractivity contribution in [2.75, 3.05) is 0 Å². The Morgan fingerprint density at radius 1 is 1.27 bits per heavy atom. The minimum absolute atomic E-state index is 0.0830. The fourth-order valence-electron chi connectivity index (χ4n) is 1.52. The van der Waals surface area contributed by atoms with E-state index in [1.165, 1.54) is 0 Å². The van der Waals surface area contributed by atoms with Crippen LogP contribution in [0.2, 0.25) is 0 Å².